The van der Waals surface area contributed by atoms with E-state index in [4.69, 9.17) is 9.47 Å². The molecular formula is C28H31N5O4S. The van der Waals surface area contributed by atoms with E-state index in [0.29, 0.717) is 34.3 Å². The van der Waals surface area contributed by atoms with Crippen molar-refractivity contribution in [2.24, 2.45) is 0 Å². The first-order chi connectivity index (χ1) is 18.3. The number of H-pyrrole nitrogens is 1. The number of nitrogens with one attached hydrogen (secondary N) is 2. The summed E-state index contributed by atoms with van der Waals surface area (Å²) in [7, 11) is 3.32. The van der Waals surface area contributed by atoms with Gasteiger partial charge in [0.2, 0.25) is 0 Å². The lowest BCUT2D eigenvalue weighted by Crippen LogP contribution is -2.40. The molecule has 0 radical (unpaired) electrons. The van der Waals surface area contributed by atoms with Gasteiger partial charge in [0.1, 0.15) is 16.4 Å². The fourth-order valence-corrected chi connectivity index (χ4v) is 5.41. The van der Waals surface area contributed by atoms with Crippen LogP contribution in [0, 0.1) is 0 Å². The zero-order valence-electron chi connectivity index (χ0n) is 21.9. The van der Waals surface area contributed by atoms with Crippen molar-refractivity contribution >= 4 is 44.9 Å². The topological polar surface area (TPSA) is 99.8 Å². The summed E-state index contributed by atoms with van der Waals surface area (Å²) in [6.45, 7) is 6.98. The predicted molar refractivity (Wildman–Crippen MR) is 150 cm³/mol. The molecule has 2 aromatic carbocycles. The van der Waals surface area contributed by atoms with Crippen LogP contribution in [0.5, 0.6) is 5.75 Å². The molecule has 0 aliphatic carbocycles. The molecule has 2 amide bonds. The van der Waals surface area contributed by atoms with E-state index in [0.717, 1.165) is 35.5 Å². The van der Waals surface area contributed by atoms with E-state index in [2.05, 4.69) is 20.4 Å². The number of rotatable bonds is 7. The molecule has 0 bridgehead atoms. The molecule has 2 N–H and O–H groups in total. The van der Waals surface area contributed by atoms with Crippen LogP contribution in [0.15, 0.2) is 54.6 Å². The number of hydrogen-bond donors (Lipinski definition) is 2. The number of amides is 2. The van der Waals surface area contributed by atoms with Gasteiger partial charge in [-0.25, -0.2) is 0 Å². The molecule has 3 heterocycles. The first-order valence-corrected chi connectivity index (χ1v) is 13.2. The SMILES string of the molecule is COc1cccc(C(C)(C)NC(=O)c2cc3c(N(C)C(=O)c4ccc(N5CCOCC5)cc4)[nH]nc3s2)c1. The van der Waals surface area contributed by atoms with Crippen molar-refractivity contribution in [1.82, 2.24) is 15.5 Å². The molecule has 4 aromatic rings. The van der Waals surface area contributed by atoms with Gasteiger partial charge in [-0.1, -0.05) is 12.1 Å². The Hall–Kier alpha value is -3.89. The molecule has 0 unspecified atom stereocenters. The highest BCUT2D eigenvalue weighted by Gasteiger charge is 2.27. The van der Waals surface area contributed by atoms with Crippen LogP contribution >= 0.6 is 11.3 Å². The Kier molecular flexibility index (Phi) is 7.09. The van der Waals surface area contributed by atoms with Gasteiger partial charge in [-0.15, -0.1) is 11.3 Å². The summed E-state index contributed by atoms with van der Waals surface area (Å²) in [5.74, 6) is 0.900. The Labute approximate surface area is 225 Å². The highest BCUT2D eigenvalue weighted by Crippen LogP contribution is 2.33. The van der Waals surface area contributed by atoms with Gasteiger partial charge in [0.05, 0.1) is 36.1 Å². The second-order valence-electron chi connectivity index (χ2n) is 9.72. The van der Waals surface area contributed by atoms with Crippen LogP contribution in [0.2, 0.25) is 0 Å². The number of nitrogens with zero attached hydrogens (tertiary/aromatic N) is 3. The van der Waals surface area contributed by atoms with Crippen LogP contribution in [-0.4, -0.2) is 62.5 Å². The quantitative estimate of drug-likeness (QED) is 0.365. The number of fused-ring (bicyclic) bond motifs is 1. The maximum absolute atomic E-state index is 13.3. The van der Waals surface area contributed by atoms with Crippen molar-refractivity contribution in [3.8, 4) is 5.75 Å². The number of aromatic amines is 1. The molecule has 1 aliphatic rings. The van der Waals surface area contributed by atoms with Crippen LogP contribution in [0.25, 0.3) is 10.2 Å². The molecule has 2 aromatic heterocycles. The molecule has 1 aliphatic heterocycles. The van der Waals surface area contributed by atoms with E-state index in [1.807, 2.05) is 62.4 Å². The molecule has 0 saturated carbocycles. The first-order valence-electron chi connectivity index (χ1n) is 12.4. The summed E-state index contributed by atoms with van der Waals surface area (Å²) in [5, 5.41) is 11.1. The normalized spacial score (nSPS) is 13.9. The average molecular weight is 534 g/mol. The number of benzene rings is 2. The van der Waals surface area contributed by atoms with Crippen LogP contribution in [-0.2, 0) is 10.3 Å². The molecule has 5 rings (SSSR count). The second kappa shape index (κ2) is 10.5. The zero-order valence-corrected chi connectivity index (χ0v) is 22.7. The lowest BCUT2D eigenvalue weighted by atomic mass is 9.94. The van der Waals surface area contributed by atoms with Crippen LogP contribution in [0.1, 0.15) is 39.4 Å². The third-order valence-corrected chi connectivity index (χ3v) is 7.83. The maximum atomic E-state index is 13.3. The van der Waals surface area contributed by atoms with Gasteiger partial charge < -0.3 is 19.7 Å². The molecule has 0 atom stereocenters. The third kappa shape index (κ3) is 5.09. The second-order valence-corrected chi connectivity index (χ2v) is 10.8. The molecule has 9 nitrogen and oxygen atoms in total. The Morgan fingerprint density at radius 1 is 1.13 bits per heavy atom. The van der Waals surface area contributed by atoms with Crippen molar-refractivity contribution in [2.75, 3.05) is 50.3 Å². The lowest BCUT2D eigenvalue weighted by Gasteiger charge is -2.29. The van der Waals surface area contributed by atoms with Crippen LogP contribution in [0.3, 0.4) is 0 Å². The number of methoxy groups -OCH3 is 1. The van der Waals surface area contributed by atoms with Crippen LogP contribution < -0.4 is 19.9 Å². The maximum Gasteiger partial charge on any atom is 0.262 e. The number of aromatic nitrogens is 2. The Balaban J connectivity index is 1.32. The van der Waals surface area contributed by atoms with Gasteiger partial charge in [-0.3, -0.25) is 19.6 Å². The summed E-state index contributed by atoms with van der Waals surface area (Å²) < 4.78 is 10.7. The Bertz CT molecular complexity index is 1450. The smallest absolute Gasteiger partial charge is 0.262 e. The molecule has 0 spiro atoms. The van der Waals surface area contributed by atoms with E-state index < -0.39 is 5.54 Å². The third-order valence-electron chi connectivity index (χ3n) is 6.80. The summed E-state index contributed by atoms with van der Waals surface area (Å²) in [6.07, 6.45) is 0. The largest absolute Gasteiger partial charge is 0.497 e. The van der Waals surface area contributed by atoms with Crippen LogP contribution in [0.4, 0.5) is 11.5 Å². The first kappa shape index (κ1) is 25.7. The highest BCUT2D eigenvalue weighted by atomic mass is 32.1. The molecule has 1 fully saturated rings. The van der Waals surface area contributed by atoms with E-state index in [-0.39, 0.29) is 11.8 Å². The van der Waals surface area contributed by atoms with Gasteiger partial charge in [-0.05, 0) is 61.9 Å². The molecule has 10 heteroatoms. The van der Waals surface area contributed by atoms with E-state index in [1.54, 1.807) is 20.2 Å². The summed E-state index contributed by atoms with van der Waals surface area (Å²) >= 11 is 1.28. The summed E-state index contributed by atoms with van der Waals surface area (Å²) in [5.41, 5.74) is 1.95. The fraction of sp³-hybridized carbons (Fsp3) is 0.321. The minimum Gasteiger partial charge on any atom is -0.497 e. The molecule has 198 valence electrons. The predicted octanol–water partition coefficient (Wildman–Crippen LogP) is 4.41. The number of ether oxygens (including phenoxy) is 2. The minimum absolute atomic E-state index is 0.166. The standard InChI is InChI=1S/C28H31N5O4S/c1-28(2,19-6-5-7-21(16-19)36-4)29-25(34)23-17-22-24(30-31-26(22)38-23)32(3)27(35)18-8-10-20(11-9-18)33-12-14-37-15-13-33/h5-11,16-17H,12-15H2,1-4H3,(H,29,34)(H,30,31). The van der Waals surface area contributed by atoms with Crippen molar-refractivity contribution < 1.29 is 19.1 Å². The van der Waals surface area contributed by atoms with E-state index >= 15 is 0 Å². The Morgan fingerprint density at radius 3 is 2.58 bits per heavy atom. The van der Waals surface area contributed by atoms with Gasteiger partial charge in [-0.2, -0.15) is 5.10 Å². The van der Waals surface area contributed by atoms with Gasteiger partial charge in [0.25, 0.3) is 11.8 Å². The number of thiophene rings is 1. The van der Waals surface area contributed by atoms with E-state index in [1.165, 1.54) is 16.2 Å². The number of hydrogen-bond acceptors (Lipinski definition) is 7. The summed E-state index contributed by atoms with van der Waals surface area (Å²) in [4.78, 5) is 31.4. The Morgan fingerprint density at radius 2 is 1.87 bits per heavy atom. The highest BCUT2D eigenvalue weighted by molar-refractivity contribution is 7.20. The van der Waals surface area contributed by atoms with Gasteiger partial charge in [0, 0.05) is 31.4 Å². The zero-order chi connectivity index (χ0) is 26.9. The van der Waals surface area contributed by atoms with Crippen molar-refractivity contribution in [3.05, 3.63) is 70.6 Å². The lowest BCUT2D eigenvalue weighted by molar-refractivity contribution is 0.0915. The number of carbonyl (C=O) groups excluding carboxylic acids is 2. The monoisotopic (exact) mass is 533 g/mol. The number of morpholine rings is 1. The minimum atomic E-state index is -0.623. The van der Waals surface area contributed by atoms with Gasteiger partial charge >= 0.3 is 0 Å². The van der Waals surface area contributed by atoms with E-state index in [9.17, 15) is 9.59 Å². The average Bonchev–Trinajstić information content (AvgIpc) is 3.54. The van der Waals surface area contributed by atoms with Crippen molar-refractivity contribution in [2.45, 2.75) is 19.4 Å². The summed E-state index contributed by atoms with van der Waals surface area (Å²) in [6, 6.07) is 17.0. The van der Waals surface area contributed by atoms with Crippen molar-refractivity contribution in [1.29, 1.82) is 0 Å². The number of anilines is 2. The molecule has 1 saturated heterocycles. The molecular weight excluding hydrogens is 502 g/mol. The molecule has 38 heavy (non-hydrogen) atoms. The number of carbonyl (C=O) groups is 2. The van der Waals surface area contributed by atoms with Gasteiger partial charge in [0.15, 0.2) is 0 Å². The van der Waals surface area contributed by atoms with Crippen molar-refractivity contribution in [3.63, 3.8) is 0 Å². The fourth-order valence-electron chi connectivity index (χ4n) is 4.53.